The predicted octanol–water partition coefficient (Wildman–Crippen LogP) is 5.07. The van der Waals surface area contributed by atoms with Crippen LogP contribution in [-0.4, -0.2) is 7.05 Å². The molecular formula is C16H17Br2NO. The minimum Gasteiger partial charge on any atom is -0.488 e. The number of benzene rings is 2. The summed E-state index contributed by atoms with van der Waals surface area (Å²) in [5.41, 5.74) is 2.36. The highest BCUT2D eigenvalue weighted by Crippen LogP contribution is 2.29. The molecule has 0 saturated carbocycles. The third kappa shape index (κ3) is 3.84. The summed E-state index contributed by atoms with van der Waals surface area (Å²) in [6.45, 7) is 2.67. The van der Waals surface area contributed by atoms with Crippen LogP contribution in [0.25, 0.3) is 0 Å². The summed E-state index contributed by atoms with van der Waals surface area (Å²) < 4.78 is 7.92. The van der Waals surface area contributed by atoms with Crippen molar-refractivity contribution < 1.29 is 4.74 Å². The van der Waals surface area contributed by atoms with E-state index in [0.717, 1.165) is 20.3 Å². The smallest absolute Gasteiger partial charge is 0.134 e. The first-order valence-corrected chi connectivity index (χ1v) is 8.03. The van der Waals surface area contributed by atoms with Gasteiger partial charge >= 0.3 is 0 Å². The highest BCUT2D eigenvalue weighted by atomic mass is 79.9. The first-order valence-electron chi connectivity index (χ1n) is 6.44. The van der Waals surface area contributed by atoms with Crippen molar-refractivity contribution in [1.82, 2.24) is 5.32 Å². The molecule has 20 heavy (non-hydrogen) atoms. The Bertz CT molecular complexity index is 586. The Morgan fingerprint density at radius 1 is 1.10 bits per heavy atom. The van der Waals surface area contributed by atoms with Gasteiger partial charge in [-0.2, -0.15) is 0 Å². The van der Waals surface area contributed by atoms with Gasteiger partial charge in [-0.05, 0) is 53.7 Å². The molecule has 0 amide bonds. The normalized spacial score (nSPS) is 12.2. The summed E-state index contributed by atoms with van der Waals surface area (Å²) in [5.74, 6) is 0.854. The standard InChI is InChI=1S/C16H17Br2NO/c1-11(19-2)12-7-8-16(15(18)9-12)20-10-13-5-3-4-6-14(13)17/h3-9,11,19H,10H2,1-2H3. The van der Waals surface area contributed by atoms with Crippen LogP contribution in [0.1, 0.15) is 24.1 Å². The molecular weight excluding hydrogens is 382 g/mol. The molecule has 0 saturated heterocycles. The van der Waals surface area contributed by atoms with Crippen molar-refractivity contribution in [3.63, 3.8) is 0 Å². The summed E-state index contributed by atoms with van der Waals surface area (Å²) in [6.07, 6.45) is 0. The van der Waals surface area contributed by atoms with Crippen LogP contribution in [0.15, 0.2) is 51.4 Å². The van der Waals surface area contributed by atoms with Gasteiger partial charge in [-0.1, -0.05) is 40.2 Å². The van der Waals surface area contributed by atoms with E-state index in [0.29, 0.717) is 12.6 Å². The molecule has 0 aliphatic carbocycles. The van der Waals surface area contributed by atoms with Crippen LogP contribution in [0.5, 0.6) is 5.75 Å². The Kier molecular flexibility index (Phi) is 5.64. The fourth-order valence-corrected chi connectivity index (χ4v) is 2.75. The lowest BCUT2D eigenvalue weighted by Gasteiger charge is -2.14. The molecule has 4 heteroatoms. The number of hydrogen-bond acceptors (Lipinski definition) is 2. The van der Waals surface area contributed by atoms with Crippen LogP contribution >= 0.6 is 31.9 Å². The molecule has 2 aromatic rings. The average molecular weight is 399 g/mol. The van der Waals surface area contributed by atoms with E-state index in [2.05, 4.69) is 62.3 Å². The van der Waals surface area contributed by atoms with Gasteiger partial charge in [0.25, 0.3) is 0 Å². The van der Waals surface area contributed by atoms with E-state index in [-0.39, 0.29) is 0 Å². The average Bonchev–Trinajstić information content (AvgIpc) is 2.46. The molecule has 0 aliphatic rings. The van der Waals surface area contributed by atoms with Crippen molar-refractivity contribution in [3.8, 4) is 5.75 Å². The third-order valence-corrected chi connectivity index (χ3v) is 4.62. The quantitative estimate of drug-likeness (QED) is 0.758. The zero-order valence-electron chi connectivity index (χ0n) is 11.5. The summed E-state index contributed by atoms with van der Waals surface area (Å²) in [4.78, 5) is 0. The molecule has 2 rings (SSSR count). The first kappa shape index (κ1) is 15.5. The summed E-state index contributed by atoms with van der Waals surface area (Å²) in [5, 5.41) is 3.23. The number of hydrogen-bond donors (Lipinski definition) is 1. The molecule has 0 spiro atoms. The topological polar surface area (TPSA) is 21.3 Å². The molecule has 0 aromatic heterocycles. The molecule has 0 bridgehead atoms. The summed E-state index contributed by atoms with van der Waals surface area (Å²) in [6, 6.07) is 14.6. The van der Waals surface area contributed by atoms with E-state index in [4.69, 9.17) is 4.74 Å². The Balaban J connectivity index is 2.09. The lowest BCUT2D eigenvalue weighted by Crippen LogP contribution is -2.12. The van der Waals surface area contributed by atoms with Crippen molar-refractivity contribution >= 4 is 31.9 Å². The molecule has 2 nitrogen and oxygen atoms in total. The molecule has 2 aromatic carbocycles. The van der Waals surface area contributed by atoms with E-state index >= 15 is 0 Å². The fraction of sp³-hybridized carbons (Fsp3) is 0.250. The fourth-order valence-electron chi connectivity index (χ4n) is 1.84. The third-order valence-electron chi connectivity index (χ3n) is 3.23. The van der Waals surface area contributed by atoms with Gasteiger partial charge < -0.3 is 10.1 Å². The van der Waals surface area contributed by atoms with Crippen molar-refractivity contribution in [2.75, 3.05) is 7.05 Å². The zero-order chi connectivity index (χ0) is 14.5. The summed E-state index contributed by atoms with van der Waals surface area (Å²) >= 11 is 7.10. The molecule has 1 unspecified atom stereocenters. The van der Waals surface area contributed by atoms with Crippen LogP contribution in [0.4, 0.5) is 0 Å². The number of nitrogens with one attached hydrogen (secondary N) is 1. The van der Waals surface area contributed by atoms with Gasteiger partial charge in [-0.15, -0.1) is 0 Å². The van der Waals surface area contributed by atoms with Crippen LogP contribution in [0.2, 0.25) is 0 Å². The Morgan fingerprint density at radius 3 is 2.50 bits per heavy atom. The second-order valence-corrected chi connectivity index (χ2v) is 6.29. The van der Waals surface area contributed by atoms with Crippen molar-refractivity contribution in [2.24, 2.45) is 0 Å². The van der Waals surface area contributed by atoms with E-state index in [9.17, 15) is 0 Å². The number of ether oxygens (including phenoxy) is 1. The number of halogens is 2. The molecule has 1 N–H and O–H groups in total. The van der Waals surface area contributed by atoms with Crippen molar-refractivity contribution in [2.45, 2.75) is 19.6 Å². The van der Waals surface area contributed by atoms with Crippen molar-refractivity contribution in [3.05, 3.63) is 62.5 Å². The molecule has 106 valence electrons. The minimum atomic E-state index is 0.323. The monoisotopic (exact) mass is 397 g/mol. The Labute approximate surface area is 136 Å². The predicted molar refractivity (Wildman–Crippen MR) is 90.1 cm³/mol. The van der Waals surface area contributed by atoms with E-state index in [1.54, 1.807) is 0 Å². The lowest BCUT2D eigenvalue weighted by atomic mass is 10.1. The molecule has 0 aliphatic heterocycles. The van der Waals surface area contributed by atoms with Gasteiger partial charge in [0.1, 0.15) is 12.4 Å². The number of rotatable bonds is 5. The van der Waals surface area contributed by atoms with E-state index < -0.39 is 0 Å². The molecule has 0 radical (unpaired) electrons. The van der Waals surface area contributed by atoms with Crippen LogP contribution in [-0.2, 0) is 6.61 Å². The maximum atomic E-state index is 5.87. The molecule has 0 fully saturated rings. The maximum absolute atomic E-state index is 5.87. The summed E-state index contributed by atoms with van der Waals surface area (Å²) in [7, 11) is 1.95. The first-order chi connectivity index (χ1) is 9.61. The Morgan fingerprint density at radius 2 is 1.85 bits per heavy atom. The maximum Gasteiger partial charge on any atom is 0.134 e. The van der Waals surface area contributed by atoms with Crippen molar-refractivity contribution in [1.29, 1.82) is 0 Å². The van der Waals surface area contributed by atoms with Gasteiger partial charge in [-0.3, -0.25) is 0 Å². The highest BCUT2D eigenvalue weighted by molar-refractivity contribution is 9.10. The SMILES string of the molecule is CNC(C)c1ccc(OCc2ccccc2Br)c(Br)c1. The van der Waals surface area contributed by atoms with E-state index in [1.165, 1.54) is 5.56 Å². The minimum absolute atomic E-state index is 0.323. The van der Waals surface area contributed by atoms with Gasteiger partial charge in [0.05, 0.1) is 4.47 Å². The van der Waals surface area contributed by atoms with E-state index in [1.807, 2.05) is 31.3 Å². The Hall–Kier alpha value is -0.840. The second kappa shape index (κ2) is 7.25. The lowest BCUT2D eigenvalue weighted by molar-refractivity contribution is 0.303. The van der Waals surface area contributed by atoms with Crippen LogP contribution in [0.3, 0.4) is 0 Å². The van der Waals surface area contributed by atoms with Gasteiger partial charge in [0.2, 0.25) is 0 Å². The zero-order valence-corrected chi connectivity index (χ0v) is 14.7. The van der Waals surface area contributed by atoms with Gasteiger partial charge in [0, 0.05) is 16.1 Å². The highest BCUT2D eigenvalue weighted by Gasteiger charge is 2.08. The second-order valence-electron chi connectivity index (χ2n) is 4.58. The molecule has 1 atom stereocenters. The van der Waals surface area contributed by atoms with Gasteiger partial charge in [-0.25, -0.2) is 0 Å². The van der Waals surface area contributed by atoms with Crippen LogP contribution in [0, 0.1) is 0 Å². The largest absolute Gasteiger partial charge is 0.488 e. The van der Waals surface area contributed by atoms with Crippen LogP contribution < -0.4 is 10.1 Å². The molecule has 0 heterocycles. The van der Waals surface area contributed by atoms with Gasteiger partial charge in [0.15, 0.2) is 0 Å².